The third-order valence-electron chi connectivity index (χ3n) is 7.11. The van der Waals surface area contributed by atoms with E-state index in [0.717, 1.165) is 55.5 Å². The summed E-state index contributed by atoms with van der Waals surface area (Å²) in [6, 6.07) is 6.78. The standard InChI is InChI=1S/C26H31F4N3O3S/c27-21-8-11-24-19(17-21)12-14-33(24)15-13-31-25(34)23(16-18-4-2-1-3-5-18)32-37(35,36)22-9-6-20(7-10-22)26(28,29)30/h6-11,17-18,23,32H,1-5,12-16H2,(H,31,34). The number of nitrogens with one attached hydrogen (secondary N) is 2. The lowest BCUT2D eigenvalue weighted by Gasteiger charge is -2.27. The molecule has 1 fully saturated rings. The molecule has 0 saturated heterocycles. The number of sulfonamides is 1. The molecule has 2 aromatic carbocycles. The van der Waals surface area contributed by atoms with Crippen LogP contribution in [-0.4, -0.2) is 40.0 Å². The highest BCUT2D eigenvalue weighted by Gasteiger charge is 2.32. The molecule has 37 heavy (non-hydrogen) atoms. The molecular formula is C26H31F4N3O3S. The van der Waals surface area contributed by atoms with Crippen LogP contribution < -0.4 is 14.9 Å². The van der Waals surface area contributed by atoms with Gasteiger partial charge < -0.3 is 10.2 Å². The number of hydrogen-bond donors (Lipinski definition) is 2. The first-order chi connectivity index (χ1) is 17.5. The fourth-order valence-electron chi connectivity index (χ4n) is 5.15. The maximum Gasteiger partial charge on any atom is 0.416 e. The summed E-state index contributed by atoms with van der Waals surface area (Å²) < 4.78 is 80.5. The van der Waals surface area contributed by atoms with Gasteiger partial charge in [0.2, 0.25) is 15.9 Å². The molecule has 1 heterocycles. The van der Waals surface area contributed by atoms with Crippen molar-refractivity contribution in [1.82, 2.24) is 10.0 Å². The molecule has 1 unspecified atom stereocenters. The summed E-state index contributed by atoms with van der Waals surface area (Å²) >= 11 is 0. The second kappa shape index (κ2) is 11.4. The summed E-state index contributed by atoms with van der Waals surface area (Å²) in [5.74, 6) is -0.584. The van der Waals surface area contributed by atoms with Gasteiger partial charge in [0.1, 0.15) is 11.9 Å². The van der Waals surface area contributed by atoms with Crippen molar-refractivity contribution in [3.8, 4) is 0 Å². The highest BCUT2D eigenvalue weighted by molar-refractivity contribution is 7.89. The van der Waals surface area contributed by atoms with Crippen molar-refractivity contribution < 1.29 is 30.8 Å². The number of halogens is 4. The minimum absolute atomic E-state index is 0.181. The number of nitrogens with zero attached hydrogens (tertiary/aromatic N) is 1. The summed E-state index contributed by atoms with van der Waals surface area (Å²) in [6.07, 6.45) is 1.36. The van der Waals surface area contributed by atoms with E-state index in [0.29, 0.717) is 38.1 Å². The average molecular weight is 542 g/mol. The lowest BCUT2D eigenvalue weighted by Crippen LogP contribution is -2.49. The van der Waals surface area contributed by atoms with Gasteiger partial charge in [-0.3, -0.25) is 4.79 Å². The fourth-order valence-corrected chi connectivity index (χ4v) is 6.36. The Morgan fingerprint density at radius 1 is 1.05 bits per heavy atom. The van der Waals surface area contributed by atoms with Crippen molar-refractivity contribution in [3.63, 3.8) is 0 Å². The molecule has 202 valence electrons. The molecule has 1 aliphatic heterocycles. The van der Waals surface area contributed by atoms with E-state index in [1.165, 1.54) is 12.1 Å². The van der Waals surface area contributed by atoms with Gasteiger partial charge in [0.05, 0.1) is 10.5 Å². The third-order valence-corrected chi connectivity index (χ3v) is 8.60. The van der Waals surface area contributed by atoms with E-state index < -0.39 is 33.7 Å². The number of anilines is 1. The van der Waals surface area contributed by atoms with Gasteiger partial charge in [-0.1, -0.05) is 32.1 Å². The molecule has 2 aliphatic rings. The monoisotopic (exact) mass is 541 g/mol. The van der Waals surface area contributed by atoms with Gasteiger partial charge in [0.25, 0.3) is 0 Å². The summed E-state index contributed by atoms with van der Waals surface area (Å²) in [5, 5.41) is 2.81. The summed E-state index contributed by atoms with van der Waals surface area (Å²) in [5.41, 5.74) is 0.873. The Morgan fingerprint density at radius 3 is 2.43 bits per heavy atom. The molecule has 0 bridgehead atoms. The molecule has 2 N–H and O–H groups in total. The van der Waals surface area contributed by atoms with Crippen molar-refractivity contribution in [3.05, 3.63) is 59.4 Å². The van der Waals surface area contributed by atoms with Crippen LogP contribution in [-0.2, 0) is 27.4 Å². The van der Waals surface area contributed by atoms with Crippen molar-refractivity contribution >= 4 is 21.6 Å². The highest BCUT2D eigenvalue weighted by atomic mass is 32.2. The van der Waals surface area contributed by atoms with E-state index in [4.69, 9.17) is 0 Å². The number of alkyl halides is 3. The van der Waals surface area contributed by atoms with Crippen LogP contribution in [0.15, 0.2) is 47.4 Å². The lowest BCUT2D eigenvalue weighted by atomic mass is 9.85. The molecular weight excluding hydrogens is 510 g/mol. The normalized spacial score (nSPS) is 17.5. The number of carbonyl (C=O) groups excluding carboxylic acids is 1. The van der Waals surface area contributed by atoms with Crippen molar-refractivity contribution in [2.75, 3.05) is 24.5 Å². The number of benzene rings is 2. The van der Waals surface area contributed by atoms with Crippen LogP contribution in [0.25, 0.3) is 0 Å². The third kappa shape index (κ3) is 7.01. The van der Waals surface area contributed by atoms with Gasteiger partial charge >= 0.3 is 6.18 Å². The average Bonchev–Trinajstić information content (AvgIpc) is 3.25. The van der Waals surface area contributed by atoms with Gasteiger partial charge in [0.15, 0.2) is 0 Å². The quantitative estimate of drug-likeness (QED) is 0.454. The van der Waals surface area contributed by atoms with Gasteiger partial charge in [-0.25, -0.2) is 12.8 Å². The van der Waals surface area contributed by atoms with E-state index in [2.05, 4.69) is 10.0 Å². The number of rotatable bonds is 9. The van der Waals surface area contributed by atoms with E-state index in [1.807, 2.05) is 4.90 Å². The molecule has 2 aromatic rings. The van der Waals surface area contributed by atoms with Gasteiger partial charge in [-0.2, -0.15) is 17.9 Å². The van der Waals surface area contributed by atoms with Gasteiger partial charge in [-0.05, 0) is 66.8 Å². The molecule has 6 nitrogen and oxygen atoms in total. The number of hydrogen-bond acceptors (Lipinski definition) is 4. The topological polar surface area (TPSA) is 78.5 Å². The van der Waals surface area contributed by atoms with Crippen molar-refractivity contribution in [1.29, 1.82) is 0 Å². The Bertz CT molecular complexity index is 1200. The second-order valence-electron chi connectivity index (χ2n) is 9.74. The molecule has 0 aromatic heterocycles. The lowest BCUT2D eigenvalue weighted by molar-refractivity contribution is -0.137. The molecule has 4 rings (SSSR count). The van der Waals surface area contributed by atoms with E-state index in [9.17, 15) is 30.8 Å². The SMILES string of the molecule is O=C(NCCN1CCc2cc(F)ccc21)C(CC1CCCCC1)NS(=O)(=O)c1ccc(C(F)(F)F)cc1. The minimum atomic E-state index is -4.58. The highest BCUT2D eigenvalue weighted by Crippen LogP contribution is 2.31. The maximum atomic E-state index is 13.5. The largest absolute Gasteiger partial charge is 0.416 e. The zero-order valence-corrected chi connectivity index (χ0v) is 21.2. The maximum absolute atomic E-state index is 13.5. The number of carbonyl (C=O) groups is 1. The van der Waals surface area contributed by atoms with Gasteiger partial charge in [-0.15, -0.1) is 0 Å². The zero-order chi connectivity index (χ0) is 26.6. The van der Waals surface area contributed by atoms with E-state index in [1.54, 1.807) is 6.07 Å². The zero-order valence-electron chi connectivity index (χ0n) is 20.4. The molecule has 1 saturated carbocycles. The van der Waals surface area contributed by atoms with Crippen LogP contribution in [0.1, 0.15) is 49.7 Å². The van der Waals surface area contributed by atoms with Crippen molar-refractivity contribution in [2.45, 2.75) is 62.1 Å². The molecule has 11 heteroatoms. The summed E-state index contributed by atoms with van der Waals surface area (Å²) in [6.45, 7) is 1.44. The smallest absolute Gasteiger partial charge is 0.369 e. The molecule has 0 radical (unpaired) electrons. The first-order valence-electron chi connectivity index (χ1n) is 12.5. The second-order valence-corrected chi connectivity index (χ2v) is 11.5. The number of fused-ring (bicyclic) bond motifs is 1. The van der Waals surface area contributed by atoms with Crippen LogP contribution in [0.3, 0.4) is 0 Å². The Labute approximate surface area is 214 Å². The molecule has 1 amide bonds. The Balaban J connectivity index is 1.42. The van der Waals surface area contributed by atoms with Crippen LogP contribution in [0.5, 0.6) is 0 Å². The Kier molecular flexibility index (Phi) is 8.42. The molecule has 1 aliphatic carbocycles. The Hall–Kier alpha value is -2.66. The summed E-state index contributed by atoms with van der Waals surface area (Å²) in [4.78, 5) is 14.8. The minimum Gasteiger partial charge on any atom is -0.369 e. The van der Waals surface area contributed by atoms with E-state index >= 15 is 0 Å². The molecule has 0 spiro atoms. The molecule has 1 atom stereocenters. The van der Waals surface area contributed by atoms with Gasteiger partial charge in [0, 0.05) is 25.3 Å². The van der Waals surface area contributed by atoms with Crippen LogP contribution in [0, 0.1) is 11.7 Å². The van der Waals surface area contributed by atoms with Crippen LogP contribution in [0.4, 0.5) is 23.2 Å². The summed E-state index contributed by atoms with van der Waals surface area (Å²) in [7, 11) is -4.23. The predicted molar refractivity (Wildman–Crippen MR) is 132 cm³/mol. The van der Waals surface area contributed by atoms with Crippen molar-refractivity contribution in [2.24, 2.45) is 5.92 Å². The van der Waals surface area contributed by atoms with Crippen LogP contribution in [0.2, 0.25) is 0 Å². The van der Waals surface area contributed by atoms with E-state index in [-0.39, 0.29) is 23.2 Å². The fraction of sp³-hybridized carbons (Fsp3) is 0.500. The first-order valence-corrected chi connectivity index (χ1v) is 14.0. The Morgan fingerprint density at radius 2 is 1.76 bits per heavy atom. The predicted octanol–water partition coefficient (Wildman–Crippen LogP) is 4.64. The van der Waals surface area contributed by atoms with Crippen LogP contribution >= 0.6 is 0 Å². The first kappa shape index (κ1) is 27.4. The number of amides is 1.